The van der Waals surface area contributed by atoms with E-state index >= 15 is 0 Å². The lowest BCUT2D eigenvalue weighted by molar-refractivity contribution is -0.114. The molecule has 0 N–H and O–H groups in total. The summed E-state index contributed by atoms with van der Waals surface area (Å²) in [7, 11) is 1.75. The summed E-state index contributed by atoms with van der Waals surface area (Å²) in [5.74, 6) is -0.502. The predicted octanol–water partition coefficient (Wildman–Crippen LogP) is 2.82. The fraction of sp³-hybridized carbons (Fsp3) is 0.294. The number of rotatable bonds is 6. The molecule has 1 aromatic carbocycles. The van der Waals surface area contributed by atoms with Crippen molar-refractivity contribution in [3.8, 4) is 5.75 Å². The Morgan fingerprint density at radius 2 is 2.35 bits per heavy atom. The van der Waals surface area contributed by atoms with Crippen LogP contribution in [0.1, 0.15) is 18.4 Å². The topological polar surface area (TPSA) is 47.4 Å². The Kier molecular flexibility index (Phi) is 4.14. The highest BCUT2D eigenvalue weighted by Gasteiger charge is 2.26. The number of ether oxygens (including phenoxy) is 1. The molecule has 1 fully saturated rings. The first-order valence-electron chi connectivity index (χ1n) is 7.45. The molecule has 1 heterocycles. The molecule has 1 saturated carbocycles. The van der Waals surface area contributed by atoms with Crippen LogP contribution in [0.5, 0.6) is 5.75 Å². The minimum Gasteiger partial charge on any atom is -0.487 e. The van der Waals surface area contributed by atoms with Crippen molar-refractivity contribution < 1.29 is 13.9 Å². The maximum atomic E-state index is 14.6. The summed E-state index contributed by atoms with van der Waals surface area (Å²) in [6.07, 6.45) is 6.49. The van der Waals surface area contributed by atoms with Gasteiger partial charge in [0.1, 0.15) is 0 Å². The largest absolute Gasteiger partial charge is 0.487 e. The van der Waals surface area contributed by atoms with Gasteiger partial charge in [-0.05, 0) is 25.0 Å². The fourth-order valence-corrected chi connectivity index (χ4v) is 2.26. The Morgan fingerprint density at radius 1 is 1.57 bits per heavy atom. The molecule has 0 spiro atoms. The smallest absolute Gasteiger partial charge is 0.250 e. The Labute approximate surface area is 134 Å². The van der Waals surface area contributed by atoms with Crippen LogP contribution in [-0.2, 0) is 18.4 Å². The maximum Gasteiger partial charge on any atom is 0.250 e. The molecule has 0 saturated heterocycles. The summed E-state index contributed by atoms with van der Waals surface area (Å²) in [4.78, 5) is 13.6. The number of benzene rings is 1. The molecule has 0 atom stereocenters. The molecular weight excluding hydrogens is 297 g/mol. The molecule has 2 aromatic rings. The van der Waals surface area contributed by atoms with E-state index in [-0.39, 0.29) is 24.3 Å². The molecule has 1 aromatic heterocycles. The Hall–Kier alpha value is -2.63. The lowest BCUT2D eigenvalue weighted by Crippen LogP contribution is -2.28. The van der Waals surface area contributed by atoms with E-state index < -0.39 is 5.82 Å². The highest BCUT2D eigenvalue weighted by molar-refractivity contribution is 6.00. The van der Waals surface area contributed by atoms with E-state index in [0.29, 0.717) is 11.3 Å². The van der Waals surface area contributed by atoms with E-state index in [1.54, 1.807) is 42.3 Å². The summed E-state index contributed by atoms with van der Waals surface area (Å²) >= 11 is 0. The highest BCUT2D eigenvalue weighted by Crippen LogP contribution is 2.30. The van der Waals surface area contributed by atoms with Crippen LogP contribution in [0, 0.1) is 5.82 Å². The minimum absolute atomic E-state index is 0.0875. The summed E-state index contributed by atoms with van der Waals surface area (Å²) < 4.78 is 21.7. The summed E-state index contributed by atoms with van der Waals surface area (Å²) in [5, 5.41) is 4.05. The van der Waals surface area contributed by atoms with E-state index in [1.165, 1.54) is 11.0 Å². The third-order valence-corrected chi connectivity index (χ3v) is 3.63. The first kappa shape index (κ1) is 15.3. The SMILES string of the molecule is C=CC(=O)N(Cc1cccc(OC2CC2)c1F)c1cnn(C)c1. The van der Waals surface area contributed by atoms with Crippen LogP contribution < -0.4 is 9.64 Å². The van der Waals surface area contributed by atoms with Gasteiger partial charge in [-0.15, -0.1) is 0 Å². The minimum atomic E-state index is -0.426. The standard InChI is InChI=1S/C17H18FN3O2/c1-3-16(22)21(13-9-19-20(2)11-13)10-12-5-4-6-15(17(12)18)23-14-7-8-14/h3-6,9,11,14H,1,7-8,10H2,2H3. The lowest BCUT2D eigenvalue weighted by atomic mass is 10.1. The van der Waals surface area contributed by atoms with Crippen LogP contribution in [0.4, 0.5) is 10.1 Å². The van der Waals surface area contributed by atoms with Crippen LogP contribution in [0.3, 0.4) is 0 Å². The van der Waals surface area contributed by atoms with Crippen molar-refractivity contribution in [2.24, 2.45) is 7.05 Å². The van der Waals surface area contributed by atoms with Gasteiger partial charge in [-0.25, -0.2) is 4.39 Å². The monoisotopic (exact) mass is 315 g/mol. The number of hydrogen-bond acceptors (Lipinski definition) is 3. The van der Waals surface area contributed by atoms with Crippen molar-refractivity contribution in [3.05, 3.63) is 54.6 Å². The number of anilines is 1. The van der Waals surface area contributed by atoms with Gasteiger partial charge in [0, 0.05) is 18.8 Å². The van der Waals surface area contributed by atoms with E-state index in [1.807, 2.05) is 0 Å². The molecule has 1 aliphatic rings. The summed E-state index contributed by atoms with van der Waals surface area (Å²) in [5.41, 5.74) is 0.979. The summed E-state index contributed by atoms with van der Waals surface area (Å²) in [6, 6.07) is 4.99. The molecule has 6 heteroatoms. The van der Waals surface area contributed by atoms with Gasteiger partial charge in [0.2, 0.25) is 0 Å². The number of halogens is 1. The first-order valence-corrected chi connectivity index (χ1v) is 7.45. The summed E-state index contributed by atoms with van der Waals surface area (Å²) in [6.45, 7) is 3.59. The lowest BCUT2D eigenvalue weighted by Gasteiger charge is -2.20. The van der Waals surface area contributed by atoms with Gasteiger partial charge >= 0.3 is 0 Å². The molecule has 0 unspecified atom stereocenters. The zero-order chi connectivity index (χ0) is 16.4. The molecule has 120 valence electrons. The van der Waals surface area contributed by atoms with E-state index in [9.17, 15) is 9.18 Å². The molecule has 1 amide bonds. The maximum absolute atomic E-state index is 14.6. The number of carbonyl (C=O) groups excluding carboxylic acids is 1. The van der Waals surface area contributed by atoms with Crippen molar-refractivity contribution in [2.45, 2.75) is 25.5 Å². The van der Waals surface area contributed by atoms with E-state index in [2.05, 4.69) is 11.7 Å². The van der Waals surface area contributed by atoms with Crippen molar-refractivity contribution in [1.29, 1.82) is 0 Å². The third-order valence-electron chi connectivity index (χ3n) is 3.63. The zero-order valence-electron chi connectivity index (χ0n) is 12.9. The van der Waals surface area contributed by atoms with Gasteiger partial charge in [0.05, 0.1) is 24.5 Å². The first-order chi connectivity index (χ1) is 11.1. The van der Waals surface area contributed by atoms with Crippen LogP contribution in [0.2, 0.25) is 0 Å². The number of aryl methyl sites for hydroxylation is 1. The van der Waals surface area contributed by atoms with E-state index in [0.717, 1.165) is 12.8 Å². The van der Waals surface area contributed by atoms with Gasteiger partial charge in [-0.1, -0.05) is 18.7 Å². The number of carbonyl (C=O) groups is 1. The molecule has 1 aliphatic carbocycles. The van der Waals surface area contributed by atoms with Gasteiger partial charge < -0.3 is 9.64 Å². The van der Waals surface area contributed by atoms with Gasteiger partial charge in [0.25, 0.3) is 5.91 Å². The van der Waals surface area contributed by atoms with Gasteiger partial charge in [-0.2, -0.15) is 5.10 Å². The zero-order valence-corrected chi connectivity index (χ0v) is 12.9. The fourth-order valence-electron chi connectivity index (χ4n) is 2.26. The number of amides is 1. The van der Waals surface area contributed by atoms with Gasteiger partial charge in [0.15, 0.2) is 11.6 Å². The van der Waals surface area contributed by atoms with Crippen molar-refractivity contribution in [3.63, 3.8) is 0 Å². The average molecular weight is 315 g/mol. The number of hydrogen-bond donors (Lipinski definition) is 0. The molecule has 0 radical (unpaired) electrons. The number of nitrogens with zero attached hydrogens (tertiary/aromatic N) is 3. The molecule has 0 bridgehead atoms. The molecule has 3 rings (SSSR count). The Balaban J connectivity index is 1.87. The third kappa shape index (κ3) is 3.41. The highest BCUT2D eigenvalue weighted by atomic mass is 19.1. The van der Waals surface area contributed by atoms with Gasteiger partial charge in [-0.3, -0.25) is 9.48 Å². The second-order valence-electron chi connectivity index (χ2n) is 5.55. The number of aromatic nitrogens is 2. The van der Waals surface area contributed by atoms with Crippen LogP contribution in [0.15, 0.2) is 43.2 Å². The molecule has 23 heavy (non-hydrogen) atoms. The van der Waals surface area contributed by atoms with Crippen LogP contribution >= 0.6 is 0 Å². The Bertz CT molecular complexity index is 737. The van der Waals surface area contributed by atoms with Crippen molar-refractivity contribution >= 4 is 11.6 Å². The molecule has 5 nitrogen and oxygen atoms in total. The predicted molar refractivity (Wildman–Crippen MR) is 84.6 cm³/mol. The van der Waals surface area contributed by atoms with Crippen molar-refractivity contribution in [1.82, 2.24) is 9.78 Å². The quantitative estimate of drug-likeness (QED) is 0.770. The average Bonchev–Trinajstić information content (AvgIpc) is 3.26. The normalized spacial score (nSPS) is 13.7. The second kappa shape index (κ2) is 6.24. The molecular formula is C17H18FN3O2. The van der Waals surface area contributed by atoms with E-state index in [4.69, 9.17) is 4.74 Å². The van der Waals surface area contributed by atoms with Crippen LogP contribution in [-0.4, -0.2) is 21.8 Å². The Morgan fingerprint density at radius 3 is 2.96 bits per heavy atom. The second-order valence-corrected chi connectivity index (χ2v) is 5.55. The van der Waals surface area contributed by atoms with Crippen LogP contribution in [0.25, 0.3) is 0 Å². The van der Waals surface area contributed by atoms with Crippen molar-refractivity contribution in [2.75, 3.05) is 4.90 Å². The molecule has 0 aliphatic heterocycles.